The van der Waals surface area contributed by atoms with E-state index in [0.717, 1.165) is 18.4 Å². The van der Waals surface area contributed by atoms with E-state index in [1.807, 2.05) is 26.2 Å². The molecule has 1 unspecified atom stereocenters. The van der Waals surface area contributed by atoms with E-state index >= 15 is 0 Å². The summed E-state index contributed by atoms with van der Waals surface area (Å²) in [6.07, 6.45) is 3.25. The highest BCUT2D eigenvalue weighted by atomic mass is 32.1. The molecule has 1 amide bonds. The van der Waals surface area contributed by atoms with E-state index in [-0.39, 0.29) is 6.09 Å². The first-order valence-electron chi connectivity index (χ1n) is 6.47. The molecule has 0 radical (unpaired) electrons. The van der Waals surface area contributed by atoms with Crippen LogP contribution in [0.5, 0.6) is 0 Å². The van der Waals surface area contributed by atoms with E-state index < -0.39 is 11.1 Å². The number of hydrogen-bond acceptors (Lipinski definition) is 5. The van der Waals surface area contributed by atoms with Gasteiger partial charge in [-0.15, -0.1) is 0 Å². The minimum atomic E-state index is -0.498. The van der Waals surface area contributed by atoms with Crippen LogP contribution in [0.25, 0.3) is 0 Å². The standard InChI is InChI=1S/C13H21N3O2S/c1-12(2,3)18-11(17)16-6-4-5-13(14,9-16)10-7-15-19-8-10/h7-8H,4-6,9,14H2,1-3H3. The van der Waals surface area contributed by atoms with Gasteiger partial charge in [0.1, 0.15) is 5.60 Å². The average Bonchev–Trinajstić information content (AvgIpc) is 2.80. The summed E-state index contributed by atoms with van der Waals surface area (Å²) in [5.41, 5.74) is 6.46. The SMILES string of the molecule is CC(C)(C)OC(=O)N1CCCC(N)(c2cnsc2)C1. The van der Waals surface area contributed by atoms with E-state index in [4.69, 9.17) is 10.5 Å². The lowest BCUT2D eigenvalue weighted by atomic mass is 9.85. The summed E-state index contributed by atoms with van der Waals surface area (Å²) in [5, 5.41) is 1.96. The zero-order valence-electron chi connectivity index (χ0n) is 11.7. The van der Waals surface area contributed by atoms with Crippen LogP contribution in [0.4, 0.5) is 4.79 Å². The minimum Gasteiger partial charge on any atom is -0.444 e. The number of aromatic nitrogens is 1. The molecular formula is C13H21N3O2S. The molecule has 2 heterocycles. The van der Waals surface area contributed by atoms with E-state index in [1.165, 1.54) is 11.5 Å². The Kier molecular flexibility index (Phi) is 3.82. The number of likely N-dealkylation sites (tertiary alicyclic amines) is 1. The second-order valence-electron chi connectivity index (χ2n) is 6.07. The number of amides is 1. The van der Waals surface area contributed by atoms with Crippen LogP contribution in [0.15, 0.2) is 11.6 Å². The van der Waals surface area contributed by atoms with E-state index in [2.05, 4.69) is 4.37 Å². The van der Waals surface area contributed by atoms with Gasteiger partial charge in [-0.25, -0.2) is 9.17 Å². The Morgan fingerprint density at radius 3 is 2.89 bits per heavy atom. The molecule has 1 aromatic rings. The fourth-order valence-electron chi connectivity index (χ4n) is 2.25. The van der Waals surface area contributed by atoms with Crippen molar-refractivity contribution in [1.82, 2.24) is 9.27 Å². The van der Waals surface area contributed by atoms with Gasteiger partial charge >= 0.3 is 6.09 Å². The minimum absolute atomic E-state index is 0.287. The number of hydrogen-bond donors (Lipinski definition) is 1. The molecule has 2 rings (SSSR count). The molecule has 2 N–H and O–H groups in total. The van der Waals surface area contributed by atoms with Gasteiger partial charge in [-0.05, 0) is 45.1 Å². The smallest absolute Gasteiger partial charge is 0.410 e. The van der Waals surface area contributed by atoms with Crippen LogP contribution in [0, 0.1) is 0 Å². The average molecular weight is 283 g/mol. The van der Waals surface area contributed by atoms with E-state index in [9.17, 15) is 4.79 Å². The highest BCUT2D eigenvalue weighted by Gasteiger charge is 2.37. The Hall–Kier alpha value is -1.14. The quantitative estimate of drug-likeness (QED) is 0.859. The zero-order chi connectivity index (χ0) is 14.1. The molecule has 0 aromatic carbocycles. The molecule has 5 nitrogen and oxygen atoms in total. The van der Waals surface area contributed by atoms with Crippen LogP contribution in [-0.4, -0.2) is 34.1 Å². The summed E-state index contributed by atoms with van der Waals surface area (Å²) in [6.45, 7) is 6.79. The predicted octanol–water partition coefficient (Wildman–Crippen LogP) is 2.33. The molecule has 106 valence electrons. The Labute approximate surface area is 117 Å². The highest BCUT2D eigenvalue weighted by molar-refractivity contribution is 7.03. The number of carbonyl (C=O) groups excluding carboxylic acids is 1. The molecule has 0 bridgehead atoms. The third-order valence-electron chi connectivity index (χ3n) is 3.18. The second kappa shape index (κ2) is 5.09. The highest BCUT2D eigenvalue weighted by Crippen LogP contribution is 2.30. The van der Waals surface area contributed by atoms with Gasteiger partial charge in [-0.1, -0.05) is 0 Å². The Balaban J connectivity index is 2.07. The lowest BCUT2D eigenvalue weighted by Gasteiger charge is -2.40. The number of piperidine rings is 1. The molecule has 19 heavy (non-hydrogen) atoms. The first-order valence-corrected chi connectivity index (χ1v) is 7.30. The third kappa shape index (κ3) is 3.45. The number of ether oxygens (including phenoxy) is 1. The van der Waals surface area contributed by atoms with E-state index in [0.29, 0.717) is 13.1 Å². The second-order valence-corrected chi connectivity index (χ2v) is 6.73. The Morgan fingerprint density at radius 2 is 2.32 bits per heavy atom. The maximum Gasteiger partial charge on any atom is 0.410 e. The first-order chi connectivity index (χ1) is 8.80. The van der Waals surface area contributed by atoms with Crippen molar-refractivity contribution >= 4 is 17.6 Å². The normalized spacial score (nSPS) is 24.3. The molecule has 1 aromatic heterocycles. The predicted molar refractivity (Wildman–Crippen MR) is 75.0 cm³/mol. The summed E-state index contributed by atoms with van der Waals surface area (Å²) in [6, 6.07) is 0. The molecule has 0 aliphatic carbocycles. The Bertz CT molecular complexity index is 441. The molecule has 0 saturated carbocycles. The Morgan fingerprint density at radius 1 is 1.58 bits per heavy atom. The zero-order valence-corrected chi connectivity index (χ0v) is 12.5. The molecule has 1 atom stereocenters. The maximum atomic E-state index is 12.1. The summed E-state index contributed by atoms with van der Waals surface area (Å²) in [7, 11) is 0. The van der Waals surface area contributed by atoms with E-state index in [1.54, 1.807) is 11.1 Å². The molecule has 1 fully saturated rings. The van der Waals surface area contributed by atoms with Crippen molar-refractivity contribution in [2.45, 2.75) is 44.8 Å². The maximum absolute atomic E-state index is 12.1. The van der Waals surface area contributed by atoms with Crippen LogP contribution in [0.1, 0.15) is 39.2 Å². The van der Waals surface area contributed by atoms with Crippen LogP contribution >= 0.6 is 11.5 Å². The monoisotopic (exact) mass is 283 g/mol. The van der Waals surface area contributed by atoms with Crippen molar-refractivity contribution in [1.29, 1.82) is 0 Å². The summed E-state index contributed by atoms with van der Waals surface area (Å²) in [4.78, 5) is 13.8. The fraction of sp³-hybridized carbons (Fsp3) is 0.692. The molecule has 1 aliphatic heterocycles. The topological polar surface area (TPSA) is 68.5 Å². The first kappa shape index (κ1) is 14.3. The molecular weight excluding hydrogens is 262 g/mol. The summed E-state index contributed by atoms with van der Waals surface area (Å²) in [5.74, 6) is 0. The van der Waals surface area contributed by atoms with Gasteiger partial charge in [0.15, 0.2) is 0 Å². The van der Waals surface area contributed by atoms with Gasteiger partial charge < -0.3 is 15.4 Å². The van der Waals surface area contributed by atoms with Crippen molar-refractivity contribution < 1.29 is 9.53 Å². The van der Waals surface area contributed by atoms with Gasteiger partial charge in [0.05, 0.1) is 5.54 Å². The molecule has 0 spiro atoms. The van der Waals surface area contributed by atoms with Gasteiger partial charge in [0.25, 0.3) is 0 Å². The van der Waals surface area contributed by atoms with Crippen LogP contribution in [0.2, 0.25) is 0 Å². The van der Waals surface area contributed by atoms with Crippen molar-refractivity contribution in [3.8, 4) is 0 Å². The van der Waals surface area contributed by atoms with Gasteiger partial charge in [0.2, 0.25) is 0 Å². The van der Waals surface area contributed by atoms with Gasteiger partial charge in [-0.2, -0.15) is 0 Å². The largest absolute Gasteiger partial charge is 0.444 e. The number of rotatable bonds is 1. The van der Waals surface area contributed by atoms with Crippen molar-refractivity contribution in [3.63, 3.8) is 0 Å². The number of carbonyl (C=O) groups is 1. The van der Waals surface area contributed by atoms with Gasteiger partial charge in [-0.3, -0.25) is 0 Å². The number of nitrogens with two attached hydrogens (primary N) is 1. The van der Waals surface area contributed by atoms with Crippen molar-refractivity contribution in [3.05, 3.63) is 17.1 Å². The summed E-state index contributed by atoms with van der Waals surface area (Å²) < 4.78 is 9.51. The lowest BCUT2D eigenvalue weighted by Crippen LogP contribution is -2.54. The summed E-state index contributed by atoms with van der Waals surface area (Å²) >= 11 is 1.39. The molecule has 1 saturated heterocycles. The number of nitrogens with zero attached hydrogens (tertiary/aromatic N) is 2. The lowest BCUT2D eigenvalue weighted by molar-refractivity contribution is 0.0137. The van der Waals surface area contributed by atoms with Crippen molar-refractivity contribution in [2.75, 3.05) is 13.1 Å². The third-order valence-corrected chi connectivity index (χ3v) is 3.77. The fourth-order valence-corrected chi connectivity index (χ4v) is 2.90. The van der Waals surface area contributed by atoms with Crippen LogP contribution in [-0.2, 0) is 10.3 Å². The van der Waals surface area contributed by atoms with Gasteiger partial charge in [0, 0.05) is 30.2 Å². The van der Waals surface area contributed by atoms with Crippen LogP contribution in [0.3, 0.4) is 0 Å². The molecule has 1 aliphatic rings. The van der Waals surface area contributed by atoms with Crippen LogP contribution < -0.4 is 5.73 Å². The molecule has 6 heteroatoms. The van der Waals surface area contributed by atoms with Crippen molar-refractivity contribution in [2.24, 2.45) is 5.73 Å².